The van der Waals surface area contributed by atoms with E-state index in [1.54, 1.807) is 40.3 Å². The van der Waals surface area contributed by atoms with Crippen LogP contribution in [0.2, 0.25) is 0 Å². The minimum absolute atomic E-state index is 0.0103. The average Bonchev–Trinajstić information content (AvgIpc) is 2.84. The summed E-state index contributed by atoms with van der Waals surface area (Å²) in [5.74, 6) is 0.247. The van der Waals surface area contributed by atoms with Crippen LogP contribution >= 0.6 is 0 Å². The van der Waals surface area contributed by atoms with Gasteiger partial charge in [0.25, 0.3) is 5.91 Å². The van der Waals surface area contributed by atoms with Gasteiger partial charge in [-0.3, -0.25) is 14.5 Å². The second kappa shape index (κ2) is 9.69. The fraction of sp³-hybridized carbons (Fsp3) is 0.308. The second-order valence-corrected chi connectivity index (χ2v) is 8.78. The van der Waals surface area contributed by atoms with Gasteiger partial charge in [-0.2, -0.15) is 5.10 Å². The van der Waals surface area contributed by atoms with Crippen molar-refractivity contribution in [3.8, 4) is 0 Å². The van der Waals surface area contributed by atoms with Gasteiger partial charge in [0.1, 0.15) is 5.82 Å². The molecule has 2 aromatic carbocycles. The van der Waals surface area contributed by atoms with E-state index < -0.39 is 5.82 Å². The quantitative estimate of drug-likeness (QED) is 0.632. The second-order valence-electron chi connectivity index (χ2n) is 8.78. The summed E-state index contributed by atoms with van der Waals surface area (Å²) in [6, 6.07) is 17.4. The molecule has 1 aromatic heterocycles. The third kappa shape index (κ3) is 4.54. The molecule has 8 heteroatoms. The molecule has 174 valence electrons. The number of benzene rings is 2. The zero-order chi connectivity index (χ0) is 23.5. The number of carbonyl (C=O) groups excluding carboxylic acids is 2. The Morgan fingerprint density at radius 2 is 1.76 bits per heavy atom. The molecule has 2 aliphatic heterocycles. The van der Waals surface area contributed by atoms with Crippen LogP contribution in [0.3, 0.4) is 0 Å². The number of aromatic nitrogens is 2. The molecule has 2 amide bonds. The van der Waals surface area contributed by atoms with E-state index in [-0.39, 0.29) is 17.7 Å². The van der Waals surface area contributed by atoms with Crippen molar-refractivity contribution in [3.63, 3.8) is 0 Å². The predicted octanol–water partition coefficient (Wildman–Crippen LogP) is 3.52. The molecule has 2 fully saturated rings. The number of halogens is 1. The lowest BCUT2D eigenvalue weighted by Gasteiger charge is -2.33. The van der Waals surface area contributed by atoms with Crippen molar-refractivity contribution in [1.29, 1.82) is 0 Å². The normalized spacial score (nSPS) is 16.7. The Bertz CT molecular complexity index is 1160. The van der Waals surface area contributed by atoms with Crippen LogP contribution in [0.4, 0.5) is 15.9 Å². The van der Waals surface area contributed by atoms with Crippen LogP contribution in [-0.2, 0) is 4.79 Å². The lowest BCUT2D eigenvalue weighted by molar-refractivity contribution is -0.123. The molecule has 0 spiro atoms. The highest BCUT2D eigenvalue weighted by molar-refractivity contribution is 6.01. The molecule has 34 heavy (non-hydrogen) atoms. The van der Waals surface area contributed by atoms with Crippen LogP contribution in [0.25, 0.3) is 0 Å². The van der Waals surface area contributed by atoms with E-state index in [0.29, 0.717) is 43.5 Å². The molecule has 1 N–H and O–H groups in total. The molecule has 0 atom stereocenters. The van der Waals surface area contributed by atoms with Crippen molar-refractivity contribution >= 4 is 23.3 Å². The Balaban J connectivity index is 1.27. The molecule has 3 aromatic rings. The first kappa shape index (κ1) is 22.2. The van der Waals surface area contributed by atoms with Crippen molar-refractivity contribution < 1.29 is 14.0 Å². The zero-order valence-electron chi connectivity index (χ0n) is 18.7. The van der Waals surface area contributed by atoms with Crippen LogP contribution in [-0.4, -0.2) is 53.1 Å². The number of anilines is 2. The smallest absolute Gasteiger partial charge is 0.253 e. The molecule has 0 saturated carbocycles. The summed E-state index contributed by atoms with van der Waals surface area (Å²) in [4.78, 5) is 29.2. The molecule has 0 aliphatic carbocycles. The van der Waals surface area contributed by atoms with E-state index in [1.165, 1.54) is 17.7 Å². The molecule has 7 nitrogen and oxygen atoms in total. The Morgan fingerprint density at radius 3 is 2.38 bits per heavy atom. The molecular weight excluding hydrogens is 433 g/mol. The van der Waals surface area contributed by atoms with Crippen LogP contribution in [0, 0.1) is 11.7 Å². The number of hydrogen-bond donors (Lipinski definition) is 1. The van der Waals surface area contributed by atoms with Gasteiger partial charge in [0.2, 0.25) is 5.91 Å². The summed E-state index contributed by atoms with van der Waals surface area (Å²) in [5, 5.41) is 11.2. The summed E-state index contributed by atoms with van der Waals surface area (Å²) >= 11 is 0. The molecular formula is C26H26FN5O2. The van der Waals surface area contributed by atoms with E-state index in [9.17, 15) is 14.0 Å². The maximum absolute atomic E-state index is 13.5. The number of piperidine rings is 1. The number of carbonyl (C=O) groups is 2. The lowest BCUT2D eigenvalue weighted by atomic mass is 9.89. The van der Waals surface area contributed by atoms with E-state index in [1.807, 2.05) is 12.1 Å². The van der Waals surface area contributed by atoms with Crippen molar-refractivity contribution in [2.24, 2.45) is 5.92 Å². The van der Waals surface area contributed by atoms with E-state index >= 15 is 0 Å². The van der Waals surface area contributed by atoms with Crippen molar-refractivity contribution in [3.05, 3.63) is 83.8 Å². The van der Waals surface area contributed by atoms with Crippen LogP contribution < -0.4 is 10.2 Å². The van der Waals surface area contributed by atoms with Gasteiger partial charge in [-0.1, -0.05) is 18.2 Å². The number of rotatable bonds is 5. The van der Waals surface area contributed by atoms with Gasteiger partial charge in [-0.25, -0.2) is 4.39 Å². The summed E-state index contributed by atoms with van der Waals surface area (Å²) in [5.41, 5.74) is 2.33. The Morgan fingerprint density at radius 1 is 1.00 bits per heavy atom. The molecule has 5 rings (SSSR count). The first-order valence-corrected chi connectivity index (χ1v) is 11.6. The summed E-state index contributed by atoms with van der Waals surface area (Å²) in [6.07, 6.45) is 3.26. The Kier molecular flexibility index (Phi) is 6.31. The van der Waals surface area contributed by atoms with Gasteiger partial charge in [-0.15, -0.1) is 5.10 Å². The van der Waals surface area contributed by atoms with Crippen molar-refractivity contribution in [2.45, 2.75) is 18.8 Å². The molecule has 2 aliphatic rings. The van der Waals surface area contributed by atoms with E-state index in [4.69, 9.17) is 0 Å². The zero-order valence-corrected chi connectivity index (χ0v) is 18.7. The van der Waals surface area contributed by atoms with Crippen molar-refractivity contribution in [1.82, 2.24) is 20.4 Å². The van der Waals surface area contributed by atoms with Gasteiger partial charge < -0.3 is 10.2 Å². The standard InChI is InChI=1S/C26H26FN5O2/c27-22-4-1-3-20(15-22)25(33)31-13-10-19(11-14-31)18-6-8-23(9-7-18)32(24-5-2-12-29-30-24)26(34)21-16-28-17-21/h1-9,12,15,19,21,28H,10-11,13-14,16-17H2. The minimum Gasteiger partial charge on any atom is -0.339 e. The van der Waals surface area contributed by atoms with Gasteiger partial charge in [0, 0.05) is 37.9 Å². The SMILES string of the molecule is O=C(c1cccc(F)c1)N1CCC(c2ccc(N(C(=O)C3CNC3)c3cccnn3)cc2)CC1. The molecule has 2 saturated heterocycles. The molecule has 0 bridgehead atoms. The largest absolute Gasteiger partial charge is 0.339 e. The van der Waals surface area contributed by atoms with Crippen molar-refractivity contribution in [2.75, 3.05) is 31.1 Å². The van der Waals surface area contributed by atoms with E-state index in [0.717, 1.165) is 18.5 Å². The van der Waals surface area contributed by atoms with Gasteiger partial charge in [0.15, 0.2) is 5.82 Å². The molecule has 3 heterocycles. The Hall–Kier alpha value is -3.65. The van der Waals surface area contributed by atoms with Crippen LogP contribution in [0.1, 0.15) is 34.7 Å². The van der Waals surface area contributed by atoms with Crippen LogP contribution in [0.15, 0.2) is 66.9 Å². The molecule has 0 radical (unpaired) electrons. The summed E-state index contributed by atoms with van der Waals surface area (Å²) in [6.45, 7) is 2.59. The van der Waals surface area contributed by atoms with Gasteiger partial charge in [-0.05, 0) is 66.8 Å². The summed E-state index contributed by atoms with van der Waals surface area (Å²) < 4.78 is 13.5. The first-order valence-electron chi connectivity index (χ1n) is 11.6. The lowest BCUT2D eigenvalue weighted by Crippen LogP contribution is -2.51. The number of amides is 2. The number of hydrogen-bond acceptors (Lipinski definition) is 5. The maximum Gasteiger partial charge on any atom is 0.253 e. The fourth-order valence-electron chi connectivity index (χ4n) is 4.55. The highest BCUT2D eigenvalue weighted by Crippen LogP contribution is 2.32. The monoisotopic (exact) mass is 459 g/mol. The maximum atomic E-state index is 13.5. The third-order valence-electron chi connectivity index (χ3n) is 6.61. The highest BCUT2D eigenvalue weighted by Gasteiger charge is 2.32. The summed E-state index contributed by atoms with van der Waals surface area (Å²) in [7, 11) is 0. The third-order valence-corrected chi connectivity index (χ3v) is 6.61. The first-order chi connectivity index (χ1) is 16.6. The van der Waals surface area contributed by atoms with Gasteiger partial charge in [0.05, 0.1) is 11.6 Å². The topological polar surface area (TPSA) is 78.4 Å². The number of nitrogens with zero attached hydrogens (tertiary/aromatic N) is 4. The van der Waals surface area contributed by atoms with E-state index in [2.05, 4.69) is 27.6 Å². The number of likely N-dealkylation sites (tertiary alicyclic amines) is 1. The fourth-order valence-corrected chi connectivity index (χ4v) is 4.55. The minimum atomic E-state index is -0.400. The molecule has 0 unspecified atom stereocenters. The van der Waals surface area contributed by atoms with Gasteiger partial charge >= 0.3 is 0 Å². The highest BCUT2D eigenvalue weighted by atomic mass is 19.1. The van der Waals surface area contributed by atoms with Crippen LogP contribution in [0.5, 0.6) is 0 Å². The number of nitrogens with one attached hydrogen (secondary N) is 1. The predicted molar refractivity (Wildman–Crippen MR) is 126 cm³/mol. The Labute approximate surface area is 197 Å². The average molecular weight is 460 g/mol.